The Morgan fingerprint density at radius 1 is 1.39 bits per heavy atom. The van der Waals surface area contributed by atoms with E-state index >= 15 is 0 Å². The van der Waals surface area contributed by atoms with Crippen molar-refractivity contribution in [3.8, 4) is 5.75 Å². The quantitative estimate of drug-likeness (QED) is 0.322. The van der Waals surface area contributed by atoms with Gasteiger partial charge in [0.1, 0.15) is 17.2 Å². The summed E-state index contributed by atoms with van der Waals surface area (Å²) in [7, 11) is 0. The van der Waals surface area contributed by atoms with Crippen molar-refractivity contribution in [3.63, 3.8) is 0 Å². The highest BCUT2D eigenvalue weighted by Crippen LogP contribution is 2.33. The molecule has 0 atom stereocenters. The lowest BCUT2D eigenvalue weighted by Gasteiger charge is -2.20. The van der Waals surface area contributed by atoms with Gasteiger partial charge in [0, 0.05) is 34.7 Å². The van der Waals surface area contributed by atoms with E-state index in [1.165, 1.54) is 34.4 Å². The van der Waals surface area contributed by atoms with Crippen molar-refractivity contribution in [2.75, 3.05) is 6.79 Å². The molecule has 0 spiro atoms. The van der Waals surface area contributed by atoms with E-state index in [1.54, 1.807) is 0 Å². The molecule has 2 aromatic heterocycles. The van der Waals surface area contributed by atoms with Gasteiger partial charge in [0.25, 0.3) is 11.2 Å². The smallest absolute Gasteiger partial charge is 0.307 e. The summed E-state index contributed by atoms with van der Waals surface area (Å²) in [6.07, 6.45) is 1.38. The average molecular weight is 445 g/mol. The van der Waals surface area contributed by atoms with E-state index in [0.717, 1.165) is 10.4 Å². The Hall–Kier alpha value is -3.31. The molecular formula is C20H19N3O7S. The number of rotatable bonds is 6. The van der Waals surface area contributed by atoms with Gasteiger partial charge in [-0.05, 0) is 19.4 Å². The molecule has 4 rings (SSSR count). The molecule has 1 aliphatic rings. The first-order valence-corrected chi connectivity index (χ1v) is 10.3. The molecule has 31 heavy (non-hydrogen) atoms. The molecule has 162 valence electrons. The summed E-state index contributed by atoms with van der Waals surface area (Å²) in [6, 6.07) is 2.70. The number of ether oxygens (including phenoxy) is 3. The summed E-state index contributed by atoms with van der Waals surface area (Å²) in [5.41, 5.74) is 1.49. The average Bonchev–Trinajstić information content (AvgIpc) is 3.05. The summed E-state index contributed by atoms with van der Waals surface area (Å²) in [5, 5.41) is 11.7. The van der Waals surface area contributed by atoms with Gasteiger partial charge in [-0.3, -0.25) is 24.3 Å². The van der Waals surface area contributed by atoms with Gasteiger partial charge in [0.05, 0.1) is 29.7 Å². The third-order valence-corrected chi connectivity index (χ3v) is 6.20. The number of aromatic nitrogens is 2. The molecule has 0 amide bonds. The molecule has 11 heteroatoms. The van der Waals surface area contributed by atoms with Crippen molar-refractivity contribution in [2.24, 2.45) is 0 Å². The maximum Gasteiger partial charge on any atom is 0.307 e. The predicted octanol–water partition coefficient (Wildman–Crippen LogP) is 2.98. The summed E-state index contributed by atoms with van der Waals surface area (Å²) in [5.74, 6) is -0.114. The molecule has 0 unspecified atom stereocenters. The lowest BCUT2D eigenvalue weighted by atomic mass is 10.1. The topological polar surface area (TPSA) is 123 Å². The van der Waals surface area contributed by atoms with Crippen LogP contribution in [0.3, 0.4) is 0 Å². The van der Waals surface area contributed by atoms with Crippen molar-refractivity contribution in [1.29, 1.82) is 0 Å². The zero-order valence-corrected chi connectivity index (χ0v) is 17.7. The van der Waals surface area contributed by atoms with Gasteiger partial charge in [-0.2, -0.15) is 0 Å². The molecular weight excluding hydrogens is 426 g/mol. The monoisotopic (exact) mass is 445 g/mol. The molecule has 3 aromatic rings. The number of non-ortho nitro benzene ring substituents is 1. The van der Waals surface area contributed by atoms with E-state index < -0.39 is 10.9 Å². The molecule has 0 bridgehead atoms. The number of nitro benzene ring substituents is 1. The van der Waals surface area contributed by atoms with Crippen molar-refractivity contribution in [2.45, 2.75) is 40.0 Å². The van der Waals surface area contributed by atoms with Crippen LogP contribution < -0.4 is 10.3 Å². The Morgan fingerprint density at radius 3 is 2.97 bits per heavy atom. The number of aryl methyl sites for hydroxylation is 3. The highest BCUT2D eigenvalue weighted by atomic mass is 32.1. The van der Waals surface area contributed by atoms with Crippen LogP contribution in [0.5, 0.6) is 5.75 Å². The molecule has 0 saturated carbocycles. The lowest BCUT2D eigenvalue weighted by molar-refractivity contribution is -0.385. The molecule has 1 aromatic carbocycles. The minimum absolute atomic E-state index is 0.0195. The van der Waals surface area contributed by atoms with Gasteiger partial charge >= 0.3 is 5.97 Å². The van der Waals surface area contributed by atoms with E-state index in [0.29, 0.717) is 27.1 Å². The van der Waals surface area contributed by atoms with Crippen LogP contribution in [0.4, 0.5) is 5.69 Å². The van der Waals surface area contributed by atoms with Crippen LogP contribution in [0.1, 0.15) is 28.0 Å². The number of fused-ring (bicyclic) bond motifs is 2. The summed E-state index contributed by atoms with van der Waals surface area (Å²) in [4.78, 5) is 41.6. The van der Waals surface area contributed by atoms with Crippen LogP contribution >= 0.6 is 11.3 Å². The van der Waals surface area contributed by atoms with Crippen LogP contribution in [-0.2, 0) is 34.0 Å². The van der Waals surface area contributed by atoms with Crippen LogP contribution in [0, 0.1) is 24.0 Å². The maximum absolute atomic E-state index is 12.7. The minimum atomic E-state index is -0.544. The normalized spacial score (nSPS) is 13.0. The standard InChI is InChI=1S/C20H19N3O7S/c1-11-12(2)31-19-17(11)20(25)22(9-21-19)4-3-16(24)29-8-14-6-15(23(26)27)5-13-7-28-10-30-18(13)14/h5-6,9H,3-4,7-8,10H2,1-2H3. The number of hydrogen-bond donors (Lipinski definition) is 0. The van der Waals surface area contributed by atoms with Gasteiger partial charge in [-0.25, -0.2) is 4.98 Å². The fourth-order valence-electron chi connectivity index (χ4n) is 3.36. The van der Waals surface area contributed by atoms with Crippen molar-refractivity contribution in [1.82, 2.24) is 9.55 Å². The zero-order valence-electron chi connectivity index (χ0n) is 16.9. The Bertz CT molecular complexity index is 1250. The molecule has 1 aliphatic heterocycles. The molecule has 10 nitrogen and oxygen atoms in total. The number of thiophene rings is 1. The first-order chi connectivity index (χ1) is 14.8. The molecule has 0 radical (unpaired) electrons. The fraction of sp³-hybridized carbons (Fsp3) is 0.350. The zero-order chi connectivity index (χ0) is 22.1. The Labute approximate surface area is 180 Å². The third-order valence-electron chi connectivity index (χ3n) is 5.08. The van der Waals surface area contributed by atoms with Gasteiger partial charge in [0.2, 0.25) is 0 Å². The van der Waals surface area contributed by atoms with Gasteiger partial charge in [0.15, 0.2) is 6.79 Å². The van der Waals surface area contributed by atoms with Crippen molar-refractivity contribution >= 4 is 33.2 Å². The number of hydrogen-bond acceptors (Lipinski definition) is 9. The number of carbonyl (C=O) groups is 1. The number of esters is 1. The second kappa shape index (κ2) is 8.44. The van der Waals surface area contributed by atoms with Crippen LogP contribution in [0.25, 0.3) is 10.2 Å². The molecule has 3 heterocycles. The summed E-state index contributed by atoms with van der Waals surface area (Å²) in [6.45, 7) is 3.95. The first-order valence-electron chi connectivity index (χ1n) is 9.46. The number of carbonyl (C=O) groups excluding carboxylic acids is 1. The Kier molecular flexibility index (Phi) is 5.70. The third kappa shape index (κ3) is 4.14. The Balaban J connectivity index is 1.45. The van der Waals surface area contributed by atoms with Crippen molar-refractivity contribution < 1.29 is 23.9 Å². The number of benzene rings is 1. The SMILES string of the molecule is Cc1sc2ncn(CCC(=O)OCc3cc([N+](=O)[O-])cc4c3OCOC4)c(=O)c2c1C. The van der Waals surface area contributed by atoms with Gasteiger partial charge < -0.3 is 14.2 Å². The van der Waals surface area contributed by atoms with E-state index in [-0.39, 0.29) is 44.2 Å². The maximum atomic E-state index is 12.7. The van der Waals surface area contributed by atoms with Gasteiger partial charge in [-0.1, -0.05) is 0 Å². The van der Waals surface area contributed by atoms with Crippen LogP contribution in [0.15, 0.2) is 23.3 Å². The number of nitro groups is 1. The Morgan fingerprint density at radius 2 is 2.19 bits per heavy atom. The van der Waals surface area contributed by atoms with Crippen LogP contribution in [0.2, 0.25) is 0 Å². The van der Waals surface area contributed by atoms with Crippen molar-refractivity contribution in [3.05, 3.63) is 60.5 Å². The molecule has 0 N–H and O–H groups in total. The van der Waals surface area contributed by atoms with Crippen LogP contribution in [-0.4, -0.2) is 27.2 Å². The van der Waals surface area contributed by atoms with E-state index in [9.17, 15) is 19.7 Å². The largest absolute Gasteiger partial charge is 0.467 e. The molecule has 0 aliphatic carbocycles. The highest BCUT2D eigenvalue weighted by molar-refractivity contribution is 7.18. The van der Waals surface area contributed by atoms with E-state index in [2.05, 4.69) is 4.98 Å². The number of nitrogens with zero attached hydrogens (tertiary/aromatic N) is 3. The van der Waals surface area contributed by atoms with Gasteiger partial charge in [-0.15, -0.1) is 11.3 Å². The molecule has 0 saturated heterocycles. The second-order valence-corrected chi connectivity index (χ2v) is 8.28. The lowest BCUT2D eigenvalue weighted by Crippen LogP contribution is -2.22. The summed E-state index contributed by atoms with van der Waals surface area (Å²) >= 11 is 1.46. The minimum Gasteiger partial charge on any atom is -0.467 e. The second-order valence-electron chi connectivity index (χ2n) is 7.08. The highest BCUT2D eigenvalue weighted by Gasteiger charge is 2.22. The van der Waals surface area contributed by atoms with E-state index in [1.807, 2.05) is 13.8 Å². The predicted molar refractivity (Wildman–Crippen MR) is 111 cm³/mol. The summed E-state index contributed by atoms with van der Waals surface area (Å²) < 4.78 is 17.3. The first kappa shape index (κ1) is 20.9. The van der Waals surface area contributed by atoms with E-state index in [4.69, 9.17) is 14.2 Å². The fourth-order valence-corrected chi connectivity index (χ4v) is 4.35. The molecule has 0 fully saturated rings.